The van der Waals surface area contributed by atoms with Crippen LogP contribution in [0.4, 0.5) is 5.69 Å². The molecule has 0 saturated carbocycles. The van der Waals surface area contributed by atoms with E-state index in [4.69, 9.17) is 4.74 Å². The zero-order chi connectivity index (χ0) is 22.2. The number of nitrogens with zero attached hydrogens (tertiary/aromatic N) is 4. The highest BCUT2D eigenvalue weighted by molar-refractivity contribution is 5.85. The van der Waals surface area contributed by atoms with E-state index in [1.54, 1.807) is 17.0 Å². The second-order valence-electron chi connectivity index (χ2n) is 8.98. The molecule has 2 aromatic rings. The summed E-state index contributed by atoms with van der Waals surface area (Å²) in [5.74, 6) is 0.688. The number of hydrogen-bond acceptors (Lipinski definition) is 7. The molecule has 2 N–H and O–H groups in total. The summed E-state index contributed by atoms with van der Waals surface area (Å²) in [5.41, 5.74) is 0.161. The molecule has 2 aliphatic rings. The van der Waals surface area contributed by atoms with Crippen LogP contribution in [0.3, 0.4) is 0 Å². The fraction of sp³-hybridized carbons (Fsp3) is 0.435. The van der Waals surface area contributed by atoms with Gasteiger partial charge in [-0.15, -0.1) is 0 Å². The van der Waals surface area contributed by atoms with Crippen LogP contribution in [0.15, 0.2) is 36.7 Å². The van der Waals surface area contributed by atoms with E-state index in [-0.39, 0.29) is 17.1 Å². The molecule has 4 rings (SSSR count). The van der Waals surface area contributed by atoms with Gasteiger partial charge >= 0.3 is 0 Å². The number of nitriles is 1. The zero-order valence-corrected chi connectivity index (χ0v) is 17.7. The van der Waals surface area contributed by atoms with Crippen LogP contribution >= 0.6 is 0 Å². The second-order valence-corrected chi connectivity index (χ2v) is 8.98. The number of aliphatic hydroxyl groups is 1. The van der Waals surface area contributed by atoms with E-state index in [1.807, 2.05) is 6.07 Å². The number of rotatable bonds is 4. The largest absolute Gasteiger partial charge is 0.506 e. The molecule has 1 amide bonds. The van der Waals surface area contributed by atoms with Gasteiger partial charge in [-0.1, -0.05) is 0 Å². The summed E-state index contributed by atoms with van der Waals surface area (Å²) in [4.78, 5) is 20.0. The Morgan fingerprint density at radius 2 is 1.90 bits per heavy atom. The first-order chi connectivity index (χ1) is 14.7. The van der Waals surface area contributed by atoms with Crippen molar-refractivity contribution in [1.82, 2.24) is 9.88 Å². The van der Waals surface area contributed by atoms with Gasteiger partial charge in [0.2, 0.25) is 0 Å². The van der Waals surface area contributed by atoms with Crippen LogP contribution < -0.4 is 9.64 Å². The Labute approximate surface area is 181 Å². The van der Waals surface area contributed by atoms with Crippen molar-refractivity contribution in [3.05, 3.63) is 42.2 Å². The van der Waals surface area contributed by atoms with Crippen LogP contribution in [-0.4, -0.2) is 57.8 Å². The predicted molar refractivity (Wildman–Crippen MR) is 114 cm³/mol. The van der Waals surface area contributed by atoms with Crippen molar-refractivity contribution in [2.75, 3.05) is 31.1 Å². The Hall–Kier alpha value is -3.31. The number of aromatic hydroxyl groups is 1. The molecule has 1 aromatic carbocycles. The number of carbonyl (C=O) groups is 1. The third-order valence-corrected chi connectivity index (χ3v) is 6.05. The van der Waals surface area contributed by atoms with Gasteiger partial charge in [-0.25, -0.2) is 0 Å². The number of piperidine rings is 1. The van der Waals surface area contributed by atoms with E-state index < -0.39 is 5.60 Å². The molecule has 0 atom stereocenters. The Morgan fingerprint density at radius 3 is 2.52 bits per heavy atom. The molecule has 3 heterocycles. The van der Waals surface area contributed by atoms with Crippen LogP contribution in [0.2, 0.25) is 0 Å². The Morgan fingerprint density at radius 1 is 1.19 bits per heavy atom. The van der Waals surface area contributed by atoms with Crippen molar-refractivity contribution in [3.63, 3.8) is 0 Å². The van der Waals surface area contributed by atoms with Gasteiger partial charge in [-0.3, -0.25) is 9.78 Å². The first-order valence-corrected chi connectivity index (χ1v) is 10.3. The highest BCUT2D eigenvalue weighted by Gasteiger charge is 2.49. The summed E-state index contributed by atoms with van der Waals surface area (Å²) in [6.45, 7) is 6.01. The van der Waals surface area contributed by atoms with Crippen molar-refractivity contribution in [2.45, 2.75) is 32.3 Å². The van der Waals surface area contributed by atoms with Crippen molar-refractivity contribution in [2.24, 2.45) is 5.41 Å². The predicted octanol–water partition coefficient (Wildman–Crippen LogP) is 2.65. The molecular formula is C23H26N4O4. The Kier molecular flexibility index (Phi) is 5.23. The molecule has 1 spiro atoms. The number of ether oxygens (including phenoxy) is 1. The van der Waals surface area contributed by atoms with Crippen molar-refractivity contribution >= 4 is 11.6 Å². The zero-order valence-electron chi connectivity index (χ0n) is 17.7. The molecule has 0 radical (unpaired) electrons. The van der Waals surface area contributed by atoms with Gasteiger partial charge in [0.25, 0.3) is 5.91 Å². The number of likely N-dealkylation sites (tertiary alicyclic amines) is 1. The summed E-state index contributed by atoms with van der Waals surface area (Å²) in [7, 11) is 0. The molecule has 0 unspecified atom stereocenters. The first kappa shape index (κ1) is 20.9. The van der Waals surface area contributed by atoms with Crippen LogP contribution in [0.5, 0.6) is 17.2 Å². The minimum Gasteiger partial charge on any atom is -0.506 e. The highest BCUT2D eigenvalue weighted by Crippen LogP contribution is 2.42. The molecule has 1 aromatic heterocycles. The lowest BCUT2D eigenvalue weighted by molar-refractivity contribution is -0.161. The van der Waals surface area contributed by atoms with Crippen LogP contribution in [0.1, 0.15) is 32.3 Å². The van der Waals surface area contributed by atoms with Gasteiger partial charge in [0, 0.05) is 43.7 Å². The summed E-state index contributed by atoms with van der Waals surface area (Å²) in [6.07, 6.45) is 4.68. The average molecular weight is 422 g/mol. The highest BCUT2D eigenvalue weighted by atomic mass is 16.5. The number of anilines is 1. The smallest absolute Gasteiger partial charge is 0.253 e. The molecule has 0 bridgehead atoms. The third kappa shape index (κ3) is 4.28. The van der Waals surface area contributed by atoms with Gasteiger partial charge in [0.15, 0.2) is 0 Å². The number of amides is 1. The molecule has 162 valence electrons. The topological polar surface area (TPSA) is 110 Å². The summed E-state index contributed by atoms with van der Waals surface area (Å²) >= 11 is 0. The number of hydrogen-bond donors (Lipinski definition) is 2. The van der Waals surface area contributed by atoms with Crippen molar-refractivity contribution in [1.29, 1.82) is 5.26 Å². The Balaban J connectivity index is 1.40. The lowest BCUT2D eigenvalue weighted by Gasteiger charge is -2.55. The van der Waals surface area contributed by atoms with E-state index in [9.17, 15) is 20.3 Å². The summed E-state index contributed by atoms with van der Waals surface area (Å²) in [6, 6.07) is 9.09. The van der Waals surface area contributed by atoms with Gasteiger partial charge in [-0.2, -0.15) is 5.26 Å². The van der Waals surface area contributed by atoms with Crippen LogP contribution in [-0.2, 0) is 4.79 Å². The van der Waals surface area contributed by atoms with E-state index in [0.717, 1.165) is 31.6 Å². The third-order valence-electron chi connectivity index (χ3n) is 6.05. The normalized spacial score (nSPS) is 17.7. The van der Waals surface area contributed by atoms with Crippen molar-refractivity contribution in [3.8, 4) is 23.3 Å². The molecule has 0 aliphatic carbocycles. The van der Waals surface area contributed by atoms with Gasteiger partial charge < -0.3 is 24.7 Å². The molecule has 2 fully saturated rings. The fourth-order valence-corrected chi connectivity index (χ4v) is 4.38. The van der Waals surface area contributed by atoms with Gasteiger partial charge in [-0.05, 0) is 38.8 Å². The maximum absolute atomic E-state index is 12.2. The van der Waals surface area contributed by atoms with E-state index >= 15 is 0 Å². The molecule has 8 nitrogen and oxygen atoms in total. The first-order valence-electron chi connectivity index (χ1n) is 10.3. The lowest BCUT2D eigenvalue weighted by Crippen LogP contribution is -2.64. The second kappa shape index (κ2) is 7.75. The fourth-order valence-electron chi connectivity index (χ4n) is 4.38. The minimum atomic E-state index is -1.33. The molecule has 2 saturated heterocycles. The van der Waals surface area contributed by atoms with E-state index in [2.05, 4.69) is 16.0 Å². The number of pyridine rings is 1. The van der Waals surface area contributed by atoms with Crippen LogP contribution in [0, 0.1) is 16.7 Å². The SMILES string of the molecule is CC(C)(O)C(=O)N1CC2(CCN(c3ccc(Oc4cncc(O)c4)cc3C#N)CC2)C1. The maximum atomic E-state index is 12.2. The molecule has 31 heavy (non-hydrogen) atoms. The molecule has 8 heteroatoms. The molecular weight excluding hydrogens is 396 g/mol. The monoisotopic (exact) mass is 422 g/mol. The van der Waals surface area contributed by atoms with E-state index in [0.29, 0.717) is 30.2 Å². The summed E-state index contributed by atoms with van der Waals surface area (Å²) in [5, 5.41) is 29.1. The standard InChI is InChI=1S/C23H26N4O4/c1-22(2,30)21(29)27-14-23(15-27)5-7-26(8-6-23)20-4-3-18(9-16(20)11-24)31-19-10-17(28)12-25-13-19/h3-4,9-10,12-13,28,30H,5-8,14-15H2,1-2H3. The number of aromatic nitrogens is 1. The van der Waals surface area contributed by atoms with Crippen molar-refractivity contribution < 1.29 is 19.7 Å². The van der Waals surface area contributed by atoms with Crippen LogP contribution in [0.25, 0.3) is 0 Å². The lowest BCUT2D eigenvalue weighted by atomic mass is 9.71. The van der Waals surface area contributed by atoms with E-state index in [1.165, 1.54) is 32.3 Å². The van der Waals surface area contributed by atoms with Gasteiger partial charge in [0.1, 0.15) is 28.9 Å². The maximum Gasteiger partial charge on any atom is 0.253 e. The average Bonchev–Trinajstić information content (AvgIpc) is 2.71. The number of carbonyl (C=O) groups excluding carboxylic acids is 1. The molecule has 2 aliphatic heterocycles. The minimum absolute atomic E-state index is 0.00989. The van der Waals surface area contributed by atoms with Gasteiger partial charge in [0.05, 0.1) is 23.6 Å². The quantitative estimate of drug-likeness (QED) is 0.779. The number of benzene rings is 1. The summed E-state index contributed by atoms with van der Waals surface area (Å²) < 4.78 is 5.72. The Bertz CT molecular complexity index is 1020.